The monoisotopic (exact) mass is 644 g/mol. The highest BCUT2D eigenvalue weighted by molar-refractivity contribution is 6.31. The molecule has 0 spiro atoms. The maximum atomic E-state index is 13.7. The normalized spacial score (nSPS) is 11.5. The number of benzene rings is 5. The summed E-state index contributed by atoms with van der Waals surface area (Å²) >= 11 is 6.18. The van der Waals surface area contributed by atoms with E-state index in [2.05, 4.69) is 10.1 Å². The lowest BCUT2D eigenvalue weighted by Crippen LogP contribution is -2.20. The number of furan rings is 1. The lowest BCUT2D eigenvalue weighted by molar-refractivity contribution is -0.386. The highest BCUT2D eigenvalue weighted by Crippen LogP contribution is 2.39. The van der Waals surface area contributed by atoms with Gasteiger partial charge in [0.25, 0.3) is 5.56 Å². The van der Waals surface area contributed by atoms with Gasteiger partial charge >= 0.3 is 5.69 Å². The zero-order chi connectivity index (χ0) is 32.5. The Balaban J connectivity index is 1.31. The summed E-state index contributed by atoms with van der Waals surface area (Å²) in [5.41, 5.74) is 1.43. The fourth-order valence-electron chi connectivity index (χ4n) is 5.43. The molecule has 0 saturated carbocycles. The number of rotatable bonds is 9. The molecular formula is C36H25ClN4O6. The molecule has 0 unspecified atom stereocenters. The molecule has 0 aliphatic carbocycles. The van der Waals surface area contributed by atoms with E-state index >= 15 is 0 Å². The second-order valence-corrected chi connectivity index (χ2v) is 11.0. The Morgan fingerprint density at radius 3 is 2.55 bits per heavy atom. The first-order valence-corrected chi connectivity index (χ1v) is 15.1. The maximum Gasteiger partial charge on any atom is 0.315 e. The van der Waals surface area contributed by atoms with Crippen molar-refractivity contribution in [3.05, 3.63) is 140 Å². The van der Waals surface area contributed by atoms with E-state index in [-0.39, 0.29) is 36.2 Å². The smallest absolute Gasteiger partial charge is 0.315 e. The lowest BCUT2D eigenvalue weighted by atomic mass is 10.1. The summed E-state index contributed by atoms with van der Waals surface area (Å²) in [6, 6.07) is 30.4. The Bertz CT molecular complexity index is 2410. The zero-order valence-electron chi connectivity index (χ0n) is 24.9. The van der Waals surface area contributed by atoms with Crippen LogP contribution in [0, 0.1) is 10.1 Å². The van der Waals surface area contributed by atoms with E-state index in [0.717, 1.165) is 26.4 Å². The van der Waals surface area contributed by atoms with Crippen LogP contribution in [0.2, 0.25) is 5.02 Å². The molecule has 2 heterocycles. The number of nitro benzene ring substituents is 1. The van der Waals surface area contributed by atoms with Crippen LogP contribution in [-0.4, -0.2) is 27.4 Å². The summed E-state index contributed by atoms with van der Waals surface area (Å²) in [6.07, 6.45) is 1.34. The van der Waals surface area contributed by atoms with Crippen LogP contribution in [0.5, 0.6) is 11.5 Å². The van der Waals surface area contributed by atoms with E-state index in [0.29, 0.717) is 32.8 Å². The van der Waals surface area contributed by atoms with E-state index in [1.165, 1.54) is 12.3 Å². The molecule has 0 aliphatic heterocycles. The van der Waals surface area contributed by atoms with E-state index in [9.17, 15) is 14.9 Å². The van der Waals surface area contributed by atoms with Crippen LogP contribution in [-0.2, 0) is 6.61 Å². The van der Waals surface area contributed by atoms with Gasteiger partial charge in [0.15, 0.2) is 11.5 Å². The second kappa shape index (κ2) is 12.4. The van der Waals surface area contributed by atoms with Crippen molar-refractivity contribution in [2.75, 3.05) is 6.61 Å². The Kier molecular flexibility index (Phi) is 7.85. The first-order chi connectivity index (χ1) is 22.9. The molecule has 2 aromatic heterocycles. The summed E-state index contributed by atoms with van der Waals surface area (Å²) in [5, 5.41) is 20.4. The number of nitrogens with zero attached hydrogens (tertiary/aromatic N) is 4. The largest absolute Gasteiger partial charge is 0.490 e. The molecule has 11 heteroatoms. The number of hydrogen-bond acceptors (Lipinski definition) is 8. The van der Waals surface area contributed by atoms with Gasteiger partial charge in [0.05, 0.1) is 28.6 Å². The van der Waals surface area contributed by atoms with Gasteiger partial charge in [-0.15, -0.1) is 0 Å². The predicted octanol–water partition coefficient (Wildman–Crippen LogP) is 8.38. The Labute approximate surface area is 272 Å². The van der Waals surface area contributed by atoms with E-state index in [1.807, 2.05) is 42.5 Å². The number of nitro groups is 1. The van der Waals surface area contributed by atoms with Crippen LogP contribution in [0.3, 0.4) is 0 Å². The molecule has 0 amide bonds. The van der Waals surface area contributed by atoms with Gasteiger partial charge < -0.3 is 13.9 Å². The van der Waals surface area contributed by atoms with Gasteiger partial charge in [-0.25, -0.2) is 4.98 Å². The fraction of sp³-hybridized carbons (Fsp3) is 0.0833. The molecule has 5 aromatic carbocycles. The Morgan fingerprint density at radius 1 is 0.936 bits per heavy atom. The highest BCUT2D eigenvalue weighted by Gasteiger charge is 2.23. The molecule has 10 nitrogen and oxygen atoms in total. The molecule has 232 valence electrons. The van der Waals surface area contributed by atoms with Gasteiger partial charge in [-0.05, 0) is 65.7 Å². The standard InChI is InChI=1S/C36H25ClN4O6/c1-2-45-32-17-22(16-30(41(43)44)34(32)46-21-24-10-7-9-23-8-3-4-11-27(23)24)20-38-40-35(39-29-13-6-5-12-28(29)36(40)42)33-19-25-18-26(37)14-15-31(25)47-33/h3-20H,2,21H2,1H3. The fourth-order valence-corrected chi connectivity index (χ4v) is 5.61. The number of hydrogen-bond donors (Lipinski definition) is 0. The third kappa shape index (κ3) is 5.78. The van der Waals surface area contributed by atoms with Crippen molar-refractivity contribution in [2.45, 2.75) is 13.5 Å². The summed E-state index contributed by atoms with van der Waals surface area (Å²) in [7, 11) is 0. The molecule has 0 aliphatic rings. The SMILES string of the molecule is CCOc1cc(C=Nn2c(-c3cc4cc(Cl)ccc4o3)nc3ccccc3c2=O)cc([N+](=O)[O-])c1OCc1cccc2ccccc12. The number of halogens is 1. The van der Waals surface area contributed by atoms with Gasteiger partial charge in [0.1, 0.15) is 12.2 Å². The second-order valence-electron chi connectivity index (χ2n) is 10.6. The van der Waals surface area contributed by atoms with Crippen molar-refractivity contribution >= 4 is 56.1 Å². The van der Waals surface area contributed by atoms with E-state index in [4.69, 9.17) is 25.5 Å². The molecule has 0 saturated heterocycles. The zero-order valence-corrected chi connectivity index (χ0v) is 25.7. The number of aromatic nitrogens is 2. The van der Waals surface area contributed by atoms with Crippen LogP contribution in [0.25, 0.3) is 44.2 Å². The van der Waals surface area contributed by atoms with Crippen molar-refractivity contribution in [2.24, 2.45) is 5.10 Å². The number of para-hydroxylation sites is 1. The quantitative estimate of drug-likeness (QED) is 0.0878. The van der Waals surface area contributed by atoms with E-state index in [1.54, 1.807) is 61.5 Å². The van der Waals surface area contributed by atoms with Gasteiger partial charge in [0, 0.05) is 22.0 Å². The molecule has 7 rings (SSSR count). The van der Waals surface area contributed by atoms with Crippen molar-refractivity contribution in [1.82, 2.24) is 9.66 Å². The third-order valence-electron chi connectivity index (χ3n) is 7.58. The molecule has 7 aromatic rings. The average molecular weight is 645 g/mol. The average Bonchev–Trinajstić information content (AvgIpc) is 3.50. The van der Waals surface area contributed by atoms with Gasteiger partial charge in [-0.2, -0.15) is 9.78 Å². The number of fused-ring (bicyclic) bond motifs is 3. The van der Waals surface area contributed by atoms with Crippen molar-refractivity contribution in [1.29, 1.82) is 0 Å². The summed E-state index contributed by atoms with van der Waals surface area (Å²) in [4.78, 5) is 30.2. The highest BCUT2D eigenvalue weighted by atomic mass is 35.5. The minimum atomic E-state index is -0.535. The predicted molar refractivity (Wildman–Crippen MR) is 182 cm³/mol. The van der Waals surface area contributed by atoms with Gasteiger partial charge in [-0.1, -0.05) is 66.2 Å². The summed E-state index contributed by atoms with van der Waals surface area (Å²) in [5.74, 6) is 0.599. The molecule has 47 heavy (non-hydrogen) atoms. The first kappa shape index (κ1) is 29.7. The van der Waals surface area contributed by atoms with Crippen LogP contribution < -0.4 is 15.0 Å². The van der Waals surface area contributed by atoms with Crippen LogP contribution in [0.1, 0.15) is 18.1 Å². The molecule has 0 atom stereocenters. The lowest BCUT2D eigenvalue weighted by Gasteiger charge is -2.14. The topological polar surface area (TPSA) is 122 Å². The molecule has 0 bridgehead atoms. The van der Waals surface area contributed by atoms with Gasteiger partial charge in [-0.3, -0.25) is 14.9 Å². The minimum Gasteiger partial charge on any atom is -0.490 e. The Hall–Kier alpha value is -6.00. The third-order valence-corrected chi connectivity index (χ3v) is 7.82. The summed E-state index contributed by atoms with van der Waals surface area (Å²) in [6.45, 7) is 2.09. The summed E-state index contributed by atoms with van der Waals surface area (Å²) < 4.78 is 19.0. The molecular weight excluding hydrogens is 620 g/mol. The maximum absolute atomic E-state index is 13.7. The van der Waals surface area contributed by atoms with E-state index < -0.39 is 10.5 Å². The number of ether oxygens (including phenoxy) is 2. The Morgan fingerprint density at radius 2 is 1.72 bits per heavy atom. The molecule has 0 N–H and O–H groups in total. The van der Waals surface area contributed by atoms with Crippen molar-refractivity contribution in [3.63, 3.8) is 0 Å². The minimum absolute atomic E-state index is 0.00639. The van der Waals surface area contributed by atoms with Crippen molar-refractivity contribution in [3.8, 4) is 23.1 Å². The van der Waals surface area contributed by atoms with Crippen LogP contribution >= 0.6 is 11.6 Å². The van der Waals surface area contributed by atoms with Gasteiger partial charge in [0.2, 0.25) is 11.6 Å². The molecule has 0 radical (unpaired) electrons. The van der Waals surface area contributed by atoms with Crippen LogP contribution in [0.15, 0.2) is 117 Å². The van der Waals surface area contributed by atoms with Crippen LogP contribution in [0.4, 0.5) is 5.69 Å². The first-order valence-electron chi connectivity index (χ1n) is 14.7. The molecule has 0 fully saturated rings. The van der Waals surface area contributed by atoms with Crippen molar-refractivity contribution < 1.29 is 18.8 Å².